The molecular formula is C17H21NO7. The maximum Gasteiger partial charge on any atom is 0.302 e. The van der Waals surface area contributed by atoms with E-state index >= 15 is 0 Å². The Kier molecular flexibility index (Phi) is 5.07. The Morgan fingerprint density at radius 2 is 1.92 bits per heavy atom. The molecule has 3 rings (SSSR count). The van der Waals surface area contributed by atoms with Gasteiger partial charge in [-0.2, -0.15) is 0 Å². The fourth-order valence-corrected chi connectivity index (χ4v) is 3.09. The predicted molar refractivity (Wildman–Crippen MR) is 86.4 cm³/mol. The van der Waals surface area contributed by atoms with E-state index in [1.807, 2.05) is 12.1 Å². The molecule has 8 heteroatoms. The second-order valence-electron chi connectivity index (χ2n) is 6.08. The first kappa shape index (κ1) is 17.8. The summed E-state index contributed by atoms with van der Waals surface area (Å²) < 4.78 is 12.3. The van der Waals surface area contributed by atoms with Crippen molar-refractivity contribution in [3.8, 4) is 0 Å². The van der Waals surface area contributed by atoms with E-state index in [-0.39, 0.29) is 6.61 Å². The van der Waals surface area contributed by atoms with Crippen molar-refractivity contribution < 1.29 is 34.7 Å². The van der Waals surface area contributed by atoms with Gasteiger partial charge in [0.15, 0.2) is 6.23 Å². The molecule has 1 aromatic heterocycles. The van der Waals surface area contributed by atoms with Crippen LogP contribution in [0.25, 0.3) is 10.9 Å². The number of aliphatic hydroxyl groups is 4. The Bertz CT molecular complexity index is 757. The highest BCUT2D eigenvalue weighted by atomic mass is 16.6. The zero-order chi connectivity index (χ0) is 18.1. The third-order valence-corrected chi connectivity index (χ3v) is 4.40. The fourth-order valence-electron chi connectivity index (χ4n) is 3.09. The molecular weight excluding hydrogens is 330 g/mol. The van der Waals surface area contributed by atoms with Gasteiger partial charge in [0.25, 0.3) is 0 Å². The summed E-state index contributed by atoms with van der Waals surface area (Å²) in [4.78, 5) is 11.1. The second kappa shape index (κ2) is 7.11. The largest absolute Gasteiger partial charge is 0.461 e. The summed E-state index contributed by atoms with van der Waals surface area (Å²) in [6.07, 6.45) is -4.61. The van der Waals surface area contributed by atoms with Crippen LogP contribution >= 0.6 is 0 Å². The topological polar surface area (TPSA) is 121 Å². The molecule has 136 valence electrons. The van der Waals surface area contributed by atoms with Crippen molar-refractivity contribution in [2.24, 2.45) is 0 Å². The van der Waals surface area contributed by atoms with E-state index < -0.39 is 43.2 Å². The summed E-state index contributed by atoms with van der Waals surface area (Å²) in [5, 5.41) is 40.4. The number of nitrogens with zero attached hydrogens (tertiary/aromatic N) is 1. The van der Waals surface area contributed by atoms with E-state index in [9.17, 15) is 25.2 Å². The van der Waals surface area contributed by atoms with Crippen molar-refractivity contribution >= 4 is 16.9 Å². The second-order valence-corrected chi connectivity index (χ2v) is 6.08. The predicted octanol–water partition coefficient (Wildman–Crippen LogP) is -0.323. The van der Waals surface area contributed by atoms with E-state index in [1.165, 1.54) is 6.92 Å². The van der Waals surface area contributed by atoms with Gasteiger partial charge in [0, 0.05) is 24.1 Å². The highest BCUT2D eigenvalue weighted by molar-refractivity contribution is 5.84. The van der Waals surface area contributed by atoms with Gasteiger partial charge in [0.05, 0.1) is 12.1 Å². The molecule has 1 fully saturated rings. The van der Waals surface area contributed by atoms with Crippen LogP contribution in [0.1, 0.15) is 18.7 Å². The molecule has 0 aliphatic carbocycles. The maximum atomic E-state index is 11.1. The van der Waals surface area contributed by atoms with Gasteiger partial charge in [-0.1, -0.05) is 18.2 Å². The standard InChI is InChI=1S/C17H21NO7/c1-9(20)24-8-10-6-18(12-5-3-2-4-11(10)12)17-16(23)15(22)14(21)13(7-19)25-17/h2-6,13-17,19,21-23H,7-8H2,1H3. The summed E-state index contributed by atoms with van der Waals surface area (Å²) >= 11 is 0. The van der Waals surface area contributed by atoms with Crippen molar-refractivity contribution in [1.82, 2.24) is 4.57 Å². The monoisotopic (exact) mass is 351 g/mol. The number of hydrogen-bond donors (Lipinski definition) is 4. The van der Waals surface area contributed by atoms with Crippen LogP contribution in [0, 0.1) is 0 Å². The molecule has 4 N–H and O–H groups in total. The SMILES string of the molecule is CC(=O)OCc1cn(C2OC(CO)C(O)C(O)C2O)c2ccccc12. The summed E-state index contributed by atoms with van der Waals surface area (Å²) in [7, 11) is 0. The van der Waals surface area contributed by atoms with Gasteiger partial charge in [-0.15, -0.1) is 0 Å². The van der Waals surface area contributed by atoms with Gasteiger partial charge in [-0.05, 0) is 6.07 Å². The lowest BCUT2D eigenvalue weighted by atomic mass is 9.98. The average Bonchev–Trinajstić information content (AvgIpc) is 2.97. The lowest BCUT2D eigenvalue weighted by Crippen LogP contribution is -2.56. The van der Waals surface area contributed by atoms with Crippen LogP contribution in [-0.2, 0) is 20.9 Å². The lowest BCUT2D eigenvalue weighted by molar-refractivity contribution is -0.250. The molecule has 0 saturated carbocycles. The van der Waals surface area contributed by atoms with E-state index in [0.29, 0.717) is 11.1 Å². The Balaban J connectivity index is 2.01. The van der Waals surface area contributed by atoms with Crippen LogP contribution in [0.2, 0.25) is 0 Å². The van der Waals surface area contributed by atoms with Crippen molar-refractivity contribution in [1.29, 1.82) is 0 Å². The van der Waals surface area contributed by atoms with Crippen molar-refractivity contribution in [2.75, 3.05) is 6.61 Å². The molecule has 0 bridgehead atoms. The number of hydrogen-bond acceptors (Lipinski definition) is 7. The fraction of sp³-hybridized carbons (Fsp3) is 0.471. The van der Waals surface area contributed by atoms with Crippen LogP contribution in [0.5, 0.6) is 0 Å². The van der Waals surface area contributed by atoms with E-state index in [2.05, 4.69) is 0 Å². The third kappa shape index (κ3) is 3.26. The van der Waals surface area contributed by atoms with Crippen LogP contribution in [0.4, 0.5) is 0 Å². The Morgan fingerprint density at radius 3 is 2.60 bits per heavy atom. The first-order valence-electron chi connectivity index (χ1n) is 7.96. The number of esters is 1. The van der Waals surface area contributed by atoms with Crippen LogP contribution in [-0.4, -0.2) is 62.0 Å². The van der Waals surface area contributed by atoms with Gasteiger partial charge in [-0.3, -0.25) is 4.79 Å². The molecule has 1 aromatic carbocycles. The van der Waals surface area contributed by atoms with Gasteiger partial charge in [-0.25, -0.2) is 0 Å². The van der Waals surface area contributed by atoms with E-state index in [0.717, 1.165) is 5.39 Å². The van der Waals surface area contributed by atoms with E-state index in [1.54, 1.807) is 22.9 Å². The maximum absolute atomic E-state index is 11.1. The number of aromatic nitrogens is 1. The van der Waals surface area contributed by atoms with Gasteiger partial charge < -0.3 is 34.5 Å². The van der Waals surface area contributed by atoms with Crippen LogP contribution in [0.3, 0.4) is 0 Å². The smallest absolute Gasteiger partial charge is 0.302 e. The Morgan fingerprint density at radius 1 is 1.20 bits per heavy atom. The minimum atomic E-state index is -1.46. The third-order valence-electron chi connectivity index (χ3n) is 4.40. The first-order valence-corrected chi connectivity index (χ1v) is 7.96. The molecule has 8 nitrogen and oxygen atoms in total. The number of carbonyl (C=O) groups is 1. The highest BCUT2D eigenvalue weighted by Gasteiger charge is 2.44. The summed E-state index contributed by atoms with van der Waals surface area (Å²) in [6.45, 7) is 0.873. The zero-order valence-electron chi connectivity index (χ0n) is 13.6. The highest BCUT2D eigenvalue weighted by Crippen LogP contribution is 2.33. The summed E-state index contributed by atoms with van der Waals surface area (Å²) in [5.41, 5.74) is 1.41. The number of rotatable bonds is 4. The Hall–Kier alpha value is -1.97. The van der Waals surface area contributed by atoms with Crippen LogP contribution < -0.4 is 0 Å². The number of benzene rings is 1. The number of aliphatic hydroxyl groups excluding tert-OH is 4. The van der Waals surface area contributed by atoms with Gasteiger partial charge >= 0.3 is 5.97 Å². The molecule has 1 saturated heterocycles. The molecule has 2 aromatic rings. The quantitative estimate of drug-likeness (QED) is 0.557. The molecule has 1 aliphatic rings. The number of ether oxygens (including phenoxy) is 2. The van der Waals surface area contributed by atoms with Crippen LogP contribution in [0.15, 0.2) is 30.5 Å². The van der Waals surface area contributed by atoms with Crippen molar-refractivity contribution in [3.05, 3.63) is 36.0 Å². The lowest BCUT2D eigenvalue weighted by Gasteiger charge is -2.40. The van der Waals surface area contributed by atoms with Crippen molar-refractivity contribution in [2.45, 2.75) is 44.2 Å². The van der Waals surface area contributed by atoms with Gasteiger partial charge in [0.2, 0.25) is 0 Å². The van der Waals surface area contributed by atoms with Gasteiger partial charge in [0.1, 0.15) is 31.0 Å². The molecule has 25 heavy (non-hydrogen) atoms. The molecule has 1 aliphatic heterocycles. The molecule has 5 atom stereocenters. The number of fused-ring (bicyclic) bond motifs is 1. The normalized spacial score (nSPS) is 29.7. The first-order chi connectivity index (χ1) is 11.9. The molecule has 0 amide bonds. The number of carbonyl (C=O) groups excluding carboxylic acids is 1. The molecule has 0 radical (unpaired) electrons. The Labute approximate surface area is 143 Å². The minimum Gasteiger partial charge on any atom is -0.461 e. The average molecular weight is 351 g/mol. The molecule has 0 spiro atoms. The zero-order valence-corrected chi connectivity index (χ0v) is 13.6. The van der Waals surface area contributed by atoms with Crippen molar-refractivity contribution in [3.63, 3.8) is 0 Å². The minimum absolute atomic E-state index is 0.0558. The summed E-state index contributed by atoms with van der Waals surface area (Å²) in [6, 6.07) is 7.28. The summed E-state index contributed by atoms with van der Waals surface area (Å²) in [5.74, 6) is -0.412. The molecule has 5 unspecified atom stereocenters. The van der Waals surface area contributed by atoms with E-state index in [4.69, 9.17) is 9.47 Å². The molecule has 2 heterocycles. The number of para-hydroxylation sites is 1.